The summed E-state index contributed by atoms with van der Waals surface area (Å²) in [5.74, 6) is 2.89. The van der Waals surface area contributed by atoms with E-state index in [0.717, 1.165) is 57.6 Å². The van der Waals surface area contributed by atoms with Crippen molar-refractivity contribution >= 4 is 28.1 Å². The van der Waals surface area contributed by atoms with Gasteiger partial charge in [-0.1, -0.05) is 54.6 Å². The molecule has 0 spiro atoms. The molecule has 7 heteroatoms. The zero-order valence-electron chi connectivity index (χ0n) is 21.0. The highest BCUT2D eigenvalue weighted by molar-refractivity contribution is 6.00. The predicted molar refractivity (Wildman–Crippen MR) is 154 cm³/mol. The van der Waals surface area contributed by atoms with Gasteiger partial charge in [0.15, 0.2) is 5.82 Å². The highest BCUT2D eigenvalue weighted by atomic mass is 16.5. The van der Waals surface area contributed by atoms with E-state index in [-0.39, 0.29) is 0 Å². The van der Waals surface area contributed by atoms with Crippen LogP contribution in [0.1, 0.15) is 5.56 Å². The number of anilines is 3. The van der Waals surface area contributed by atoms with Crippen molar-refractivity contribution < 1.29 is 4.74 Å². The molecule has 0 saturated carbocycles. The van der Waals surface area contributed by atoms with E-state index in [9.17, 15) is 0 Å². The number of rotatable bonds is 6. The van der Waals surface area contributed by atoms with E-state index >= 15 is 0 Å². The minimum Gasteiger partial charge on any atom is -0.438 e. The standard InChI is InChI=1S/C32H24N6O/c1-2-7-21(8-3-1)29-25-9-4-5-10-26(25)31(38-37-29)36-22-12-14-23(15-13-22)39-32-28(11-6-18-35-32)24-16-19-33-30-27(24)17-20-34-30/h1-16,18-19H,17,20H2,(H,33,34)(H,36,38). The summed E-state index contributed by atoms with van der Waals surface area (Å²) < 4.78 is 6.26. The molecular formula is C32H24N6O. The highest BCUT2D eigenvalue weighted by Crippen LogP contribution is 2.37. The Kier molecular flexibility index (Phi) is 5.79. The molecule has 7 nitrogen and oxygen atoms in total. The molecular weight excluding hydrogens is 484 g/mol. The number of nitrogens with zero attached hydrogens (tertiary/aromatic N) is 4. The van der Waals surface area contributed by atoms with Crippen molar-refractivity contribution in [3.05, 3.63) is 115 Å². The van der Waals surface area contributed by atoms with Gasteiger partial charge in [-0.25, -0.2) is 9.97 Å². The van der Waals surface area contributed by atoms with Crippen LogP contribution in [0.5, 0.6) is 11.6 Å². The van der Waals surface area contributed by atoms with Crippen molar-refractivity contribution in [1.82, 2.24) is 20.2 Å². The number of pyridine rings is 2. The minimum atomic E-state index is 0.562. The monoisotopic (exact) mass is 508 g/mol. The number of ether oxygens (including phenoxy) is 1. The Bertz CT molecular complexity index is 1790. The van der Waals surface area contributed by atoms with Crippen LogP contribution in [0.15, 0.2) is 109 Å². The third-order valence-electron chi connectivity index (χ3n) is 6.85. The van der Waals surface area contributed by atoms with Crippen molar-refractivity contribution in [2.75, 3.05) is 17.2 Å². The van der Waals surface area contributed by atoms with E-state index in [2.05, 4.69) is 42.9 Å². The molecule has 0 bridgehead atoms. The Balaban J connectivity index is 1.15. The Morgan fingerprint density at radius 2 is 1.51 bits per heavy atom. The van der Waals surface area contributed by atoms with Crippen LogP contribution < -0.4 is 15.4 Å². The molecule has 0 saturated heterocycles. The number of nitrogens with one attached hydrogen (secondary N) is 2. The molecule has 0 atom stereocenters. The van der Waals surface area contributed by atoms with Gasteiger partial charge in [-0.2, -0.15) is 0 Å². The van der Waals surface area contributed by atoms with Crippen molar-refractivity contribution in [1.29, 1.82) is 0 Å². The fourth-order valence-electron chi connectivity index (χ4n) is 4.99. The van der Waals surface area contributed by atoms with E-state index in [0.29, 0.717) is 17.4 Å². The molecule has 1 aliphatic rings. The average molecular weight is 509 g/mol. The molecule has 1 aliphatic heterocycles. The van der Waals surface area contributed by atoms with Gasteiger partial charge in [0.05, 0.1) is 0 Å². The molecule has 0 aliphatic carbocycles. The second-order valence-corrected chi connectivity index (χ2v) is 9.28. The van der Waals surface area contributed by atoms with E-state index in [1.54, 1.807) is 6.20 Å². The molecule has 3 aromatic heterocycles. The Morgan fingerprint density at radius 3 is 2.38 bits per heavy atom. The van der Waals surface area contributed by atoms with E-state index in [1.807, 2.05) is 91.1 Å². The zero-order chi connectivity index (χ0) is 26.0. The second-order valence-electron chi connectivity index (χ2n) is 9.28. The van der Waals surface area contributed by atoms with Crippen molar-refractivity contribution in [3.63, 3.8) is 0 Å². The van der Waals surface area contributed by atoms with Gasteiger partial charge in [0.1, 0.15) is 17.3 Å². The predicted octanol–water partition coefficient (Wildman–Crippen LogP) is 7.26. The normalized spacial score (nSPS) is 12.1. The van der Waals surface area contributed by atoms with Crippen molar-refractivity contribution in [2.24, 2.45) is 0 Å². The molecule has 7 rings (SSSR count). The van der Waals surface area contributed by atoms with Gasteiger partial charge in [-0.3, -0.25) is 0 Å². The maximum Gasteiger partial charge on any atom is 0.227 e. The van der Waals surface area contributed by atoms with Crippen LogP contribution in [0.25, 0.3) is 33.2 Å². The van der Waals surface area contributed by atoms with Gasteiger partial charge in [0.2, 0.25) is 5.88 Å². The first-order valence-electron chi connectivity index (χ1n) is 12.9. The molecule has 188 valence electrons. The third-order valence-corrected chi connectivity index (χ3v) is 6.85. The molecule has 4 heterocycles. The average Bonchev–Trinajstić information content (AvgIpc) is 3.49. The van der Waals surface area contributed by atoms with Crippen LogP contribution in [0.4, 0.5) is 17.3 Å². The molecule has 0 amide bonds. The first-order chi connectivity index (χ1) is 19.3. The third kappa shape index (κ3) is 4.40. The van der Waals surface area contributed by atoms with Gasteiger partial charge < -0.3 is 15.4 Å². The first-order valence-corrected chi connectivity index (χ1v) is 12.9. The Morgan fingerprint density at radius 1 is 0.692 bits per heavy atom. The smallest absolute Gasteiger partial charge is 0.227 e. The summed E-state index contributed by atoms with van der Waals surface area (Å²) in [5.41, 5.74) is 6.02. The molecule has 2 N–H and O–H groups in total. The summed E-state index contributed by atoms with van der Waals surface area (Å²) in [6.45, 7) is 0.888. The lowest BCUT2D eigenvalue weighted by Crippen LogP contribution is -1.99. The number of fused-ring (bicyclic) bond motifs is 2. The first kappa shape index (κ1) is 22.9. The van der Waals surface area contributed by atoms with Crippen LogP contribution in [0.2, 0.25) is 0 Å². The zero-order valence-corrected chi connectivity index (χ0v) is 21.0. The Hall–Kier alpha value is -5.30. The SMILES string of the molecule is c1ccc(-c2nnc(Nc3ccc(Oc4ncccc4-c4ccnc5c4CCN5)cc3)c3ccccc23)cc1. The summed E-state index contributed by atoms with van der Waals surface area (Å²) in [4.78, 5) is 8.99. The fraction of sp³-hybridized carbons (Fsp3) is 0.0625. The quantitative estimate of drug-likeness (QED) is 0.245. The molecule has 39 heavy (non-hydrogen) atoms. The molecule has 0 unspecified atom stereocenters. The lowest BCUT2D eigenvalue weighted by Gasteiger charge is -2.13. The Labute approximate surface area is 225 Å². The second kappa shape index (κ2) is 9.87. The van der Waals surface area contributed by atoms with Gasteiger partial charge in [-0.05, 0) is 54.4 Å². The highest BCUT2D eigenvalue weighted by Gasteiger charge is 2.19. The van der Waals surface area contributed by atoms with Crippen LogP contribution >= 0.6 is 0 Å². The largest absolute Gasteiger partial charge is 0.438 e. The maximum absolute atomic E-state index is 6.26. The van der Waals surface area contributed by atoms with Gasteiger partial charge >= 0.3 is 0 Å². The molecule has 6 aromatic rings. The van der Waals surface area contributed by atoms with Crippen molar-refractivity contribution in [2.45, 2.75) is 6.42 Å². The number of benzene rings is 3. The van der Waals surface area contributed by atoms with Gasteiger partial charge in [0.25, 0.3) is 0 Å². The minimum absolute atomic E-state index is 0.562. The summed E-state index contributed by atoms with van der Waals surface area (Å²) in [6, 6.07) is 32.1. The summed E-state index contributed by atoms with van der Waals surface area (Å²) in [7, 11) is 0. The topological polar surface area (TPSA) is 84.9 Å². The van der Waals surface area contributed by atoms with Crippen LogP contribution in [0, 0.1) is 0 Å². The van der Waals surface area contributed by atoms with E-state index in [1.165, 1.54) is 5.56 Å². The van der Waals surface area contributed by atoms with Crippen molar-refractivity contribution in [3.8, 4) is 34.0 Å². The number of hydrogen-bond acceptors (Lipinski definition) is 7. The summed E-state index contributed by atoms with van der Waals surface area (Å²) in [6.07, 6.45) is 4.50. The van der Waals surface area contributed by atoms with Crippen LogP contribution in [-0.2, 0) is 6.42 Å². The van der Waals surface area contributed by atoms with Gasteiger partial charge in [0, 0.05) is 52.1 Å². The fourth-order valence-corrected chi connectivity index (χ4v) is 4.99. The number of hydrogen-bond donors (Lipinski definition) is 2. The molecule has 3 aromatic carbocycles. The number of aromatic nitrogens is 4. The molecule has 0 radical (unpaired) electrons. The maximum atomic E-state index is 6.26. The van der Waals surface area contributed by atoms with E-state index in [4.69, 9.17) is 4.74 Å². The van der Waals surface area contributed by atoms with Gasteiger partial charge in [-0.15, -0.1) is 10.2 Å². The lowest BCUT2D eigenvalue weighted by molar-refractivity contribution is 0.465. The summed E-state index contributed by atoms with van der Waals surface area (Å²) in [5, 5.41) is 17.9. The lowest BCUT2D eigenvalue weighted by atomic mass is 10.0. The van der Waals surface area contributed by atoms with Crippen LogP contribution in [-0.4, -0.2) is 26.7 Å². The summed E-state index contributed by atoms with van der Waals surface area (Å²) >= 11 is 0. The van der Waals surface area contributed by atoms with Crippen LogP contribution in [0.3, 0.4) is 0 Å². The van der Waals surface area contributed by atoms with E-state index < -0.39 is 0 Å². The molecule has 0 fully saturated rings.